The molecule has 0 heterocycles. The van der Waals surface area contributed by atoms with Gasteiger partial charge in [-0.25, -0.2) is 0 Å². The SMILES string of the molecule is NC(=O)C(N)c1cccc2c(S(=O)[O-])cccc12. The van der Waals surface area contributed by atoms with E-state index in [9.17, 15) is 13.6 Å². The van der Waals surface area contributed by atoms with E-state index < -0.39 is 23.0 Å². The quantitative estimate of drug-likeness (QED) is 0.788. The van der Waals surface area contributed by atoms with Crippen molar-refractivity contribution in [1.29, 1.82) is 0 Å². The molecule has 0 bridgehead atoms. The van der Waals surface area contributed by atoms with Gasteiger partial charge in [0.05, 0.1) is 0 Å². The van der Waals surface area contributed by atoms with Gasteiger partial charge in [0, 0.05) is 4.90 Å². The van der Waals surface area contributed by atoms with E-state index >= 15 is 0 Å². The Morgan fingerprint density at radius 2 is 1.78 bits per heavy atom. The van der Waals surface area contributed by atoms with Gasteiger partial charge in [-0.15, -0.1) is 0 Å². The first kappa shape index (κ1) is 12.7. The largest absolute Gasteiger partial charge is 0.768 e. The van der Waals surface area contributed by atoms with E-state index in [4.69, 9.17) is 11.5 Å². The van der Waals surface area contributed by atoms with Crippen LogP contribution in [-0.2, 0) is 15.9 Å². The molecule has 1 amide bonds. The molecule has 18 heavy (non-hydrogen) atoms. The number of primary amides is 1. The van der Waals surface area contributed by atoms with Crippen molar-refractivity contribution in [3.63, 3.8) is 0 Å². The Kier molecular flexibility index (Phi) is 3.42. The predicted molar refractivity (Wildman–Crippen MR) is 67.3 cm³/mol. The molecular formula is C12H11N2O3S-. The van der Waals surface area contributed by atoms with E-state index in [0.29, 0.717) is 16.3 Å². The molecule has 0 spiro atoms. The van der Waals surface area contributed by atoms with Gasteiger partial charge >= 0.3 is 0 Å². The molecular weight excluding hydrogens is 252 g/mol. The average Bonchev–Trinajstić information content (AvgIpc) is 2.36. The van der Waals surface area contributed by atoms with E-state index in [0.717, 1.165) is 0 Å². The molecule has 2 rings (SSSR count). The van der Waals surface area contributed by atoms with Gasteiger partial charge in [-0.05, 0) is 33.5 Å². The summed E-state index contributed by atoms with van der Waals surface area (Å²) in [5, 5.41) is 1.14. The molecule has 0 fully saturated rings. The zero-order chi connectivity index (χ0) is 13.3. The Labute approximate surface area is 106 Å². The molecule has 0 aliphatic carbocycles. The summed E-state index contributed by atoms with van der Waals surface area (Å²) in [4.78, 5) is 11.3. The van der Waals surface area contributed by atoms with Crippen LogP contribution < -0.4 is 11.5 Å². The Bertz CT molecular complexity index is 642. The van der Waals surface area contributed by atoms with Gasteiger partial charge < -0.3 is 16.0 Å². The van der Waals surface area contributed by atoms with Gasteiger partial charge in [0.15, 0.2) is 0 Å². The Balaban J connectivity index is 2.75. The van der Waals surface area contributed by atoms with Crippen LogP contribution >= 0.6 is 0 Å². The van der Waals surface area contributed by atoms with Crippen molar-refractivity contribution in [1.82, 2.24) is 0 Å². The lowest BCUT2D eigenvalue weighted by Gasteiger charge is -2.14. The minimum Gasteiger partial charge on any atom is -0.768 e. The van der Waals surface area contributed by atoms with Crippen molar-refractivity contribution < 1.29 is 13.6 Å². The van der Waals surface area contributed by atoms with E-state index in [1.54, 1.807) is 30.3 Å². The molecule has 0 saturated heterocycles. The van der Waals surface area contributed by atoms with E-state index in [1.165, 1.54) is 6.07 Å². The van der Waals surface area contributed by atoms with Gasteiger partial charge in [0.25, 0.3) is 0 Å². The second-order valence-electron chi connectivity index (χ2n) is 3.81. The number of rotatable bonds is 3. The highest BCUT2D eigenvalue weighted by Crippen LogP contribution is 2.27. The van der Waals surface area contributed by atoms with Crippen LogP contribution in [-0.4, -0.2) is 14.7 Å². The molecule has 5 nitrogen and oxygen atoms in total. The standard InChI is InChI=1S/C12H12N2O3S/c13-11(12(14)15)9-5-1-4-8-7(9)3-2-6-10(8)18(16)17/h1-6,11H,13H2,(H2,14,15)(H,16,17)/p-1. The van der Waals surface area contributed by atoms with Crippen molar-refractivity contribution in [2.75, 3.05) is 0 Å². The molecule has 2 atom stereocenters. The summed E-state index contributed by atoms with van der Waals surface area (Å²) >= 11 is -2.34. The minimum absolute atomic E-state index is 0.172. The van der Waals surface area contributed by atoms with Crippen molar-refractivity contribution >= 4 is 27.8 Å². The molecule has 2 unspecified atom stereocenters. The summed E-state index contributed by atoms with van der Waals surface area (Å²) in [5.41, 5.74) is 11.4. The Morgan fingerprint density at radius 1 is 1.17 bits per heavy atom. The van der Waals surface area contributed by atoms with E-state index in [-0.39, 0.29) is 4.90 Å². The van der Waals surface area contributed by atoms with Crippen LogP contribution in [0.2, 0.25) is 0 Å². The molecule has 94 valence electrons. The molecule has 0 aliphatic rings. The summed E-state index contributed by atoms with van der Waals surface area (Å²) in [6.07, 6.45) is 0. The predicted octanol–water partition coefficient (Wildman–Crippen LogP) is 0.563. The van der Waals surface area contributed by atoms with Crippen LogP contribution in [0.3, 0.4) is 0 Å². The molecule has 0 aromatic heterocycles. The summed E-state index contributed by atoms with van der Waals surface area (Å²) < 4.78 is 22.2. The lowest BCUT2D eigenvalue weighted by Crippen LogP contribution is -2.28. The van der Waals surface area contributed by atoms with Gasteiger partial charge in [0.2, 0.25) is 5.91 Å². The maximum atomic E-state index is 11.1. The van der Waals surface area contributed by atoms with Gasteiger partial charge in [-0.1, -0.05) is 30.3 Å². The lowest BCUT2D eigenvalue weighted by molar-refractivity contribution is -0.119. The lowest BCUT2D eigenvalue weighted by atomic mass is 9.99. The zero-order valence-corrected chi connectivity index (χ0v) is 10.1. The van der Waals surface area contributed by atoms with Gasteiger partial charge in [-0.3, -0.25) is 9.00 Å². The highest BCUT2D eigenvalue weighted by atomic mass is 32.2. The molecule has 0 saturated carbocycles. The van der Waals surface area contributed by atoms with Crippen molar-refractivity contribution in [3.8, 4) is 0 Å². The van der Waals surface area contributed by atoms with Crippen molar-refractivity contribution in [3.05, 3.63) is 42.0 Å². The first-order chi connectivity index (χ1) is 8.52. The highest BCUT2D eigenvalue weighted by molar-refractivity contribution is 7.79. The fraction of sp³-hybridized carbons (Fsp3) is 0.0833. The van der Waals surface area contributed by atoms with E-state index in [1.807, 2.05) is 0 Å². The average molecular weight is 263 g/mol. The van der Waals surface area contributed by atoms with Crippen LogP contribution in [0.1, 0.15) is 11.6 Å². The van der Waals surface area contributed by atoms with Crippen LogP contribution in [0.25, 0.3) is 10.8 Å². The minimum atomic E-state index is -2.34. The number of fused-ring (bicyclic) bond motifs is 1. The number of benzene rings is 2. The third kappa shape index (κ3) is 2.13. The summed E-state index contributed by atoms with van der Waals surface area (Å²) in [5.74, 6) is -0.656. The highest BCUT2D eigenvalue weighted by Gasteiger charge is 2.15. The van der Waals surface area contributed by atoms with Crippen LogP contribution in [0.4, 0.5) is 0 Å². The number of hydrogen-bond donors (Lipinski definition) is 2. The smallest absolute Gasteiger partial charge is 0.238 e. The summed E-state index contributed by atoms with van der Waals surface area (Å²) in [6, 6.07) is 8.83. The van der Waals surface area contributed by atoms with Crippen LogP contribution in [0, 0.1) is 0 Å². The molecule has 4 N–H and O–H groups in total. The normalized spacial score (nSPS) is 14.3. The van der Waals surface area contributed by atoms with Gasteiger partial charge in [-0.2, -0.15) is 0 Å². The maximum absolute atomic E-state index is 11.1. The van der Waals surface area contributed by atoms with E-state index in [2.05, 4.69) is 0 Å². The molecule has 0 aliphatic heterocycles. The number of carbonyl (C=O) groups is 1. The molecule has 6 heteroatoms. The molecule has 0 radical (unpaired) electrons. The second kappa shape index (κ2) is 4.85. The van der Waals surface area contributed by atoms with Crippen LogP contribution in [0.15, 0.2) is 41.3 Å². The second-order valence-corrected chi connectivity index (χ2v) is 4.72. The number of hydrogen-bond acceptors (Lipinski definition) is 4. The summed E-state index contributed by atoms with van der Waals surface area (Å²) in [6.45, 7) is 0. The first-order valence-electron chi connectivity index (χ1n) is 5.18. The van der Waals surface area contributed by atoms with Crippen molar-refractivity contribution in [2.24, 2.45) is 11.5 Å². The van der Waals surface area contributed by atoms with Gasteiger partial charge in [0.1, 0.15) is 6.04 Å². The first-order valence-corrected chi connectivity index (χ1v) is 6.25. The molecule has 2 aromatic carbocycles. The zero-order valence-electron chi connectivity index (χ0n) is 9.33. The maximum Gasteiger partial charge on any atom is 0.238 e. The Hall–Kier alpha value is -1.76. The fourth-order valence-electron chi connectivity index (χ4n) is 1.88. The Morgan fingerprint density at radius 3 is 2.39 bits per heavy atom. The summed E-state index contributed by atoms with van der Waals surface area (Å²) in [7, 11) is 0. The fourth-order valence-corrected chi connectivity index (χ4v) is 2.42. The number of amides is 1. The number of nitrogens with two attached hydrogens (primary N) is 2. The number of carbonyl (C=O) groups excluding carboxylic acids is 1. The van der Waals surface area contributed by atoms with Crippen molar-refractivity contribution in [2.45, 2.75) is 10.9 Å². The molecule has 2 aromatic rings. The third-order valence-corrected chi connectivity index (χ3v) is 3.45. The monoisotopic (exact) mass is 263 g/mol. The third-order valence-electron chi connectivity index (χ3n) is 2.74. The topological polar surface area (TPSA) is 109 Å². The van der Waals surface area contributed by atoms with Crippen LogP contribution in [0.5, 0.6) is 0 Å².